The van der Waals surface area contributed by atoms with Gasteiger partial charge in [0.25, 0.3) is 0 Å². The molecule has 0 saturated carbocycles. The molecule has 0 aliphatic rings. The molecule has 2 rings (SSSR count). The van der Waals surface area contributed by atoms with Gasteiger partial charge in [-0.2, -0.15) is 0 Å². The van der Waals surface area contributed by atoms with E-state index in [1.165, 1.54) is 9.14 Å². The molecule has 0 aliphatic carbocycles. The van der Waals surface area contributed by atoms with Gasteiger partial charge >= 0.3 is 126 Å². The van der Waals surface area contributed by atoms with Gasteiger partial charge in [0, 0.05) is 0 Å². The molecule has 0 radical (unpaired) electrons. The van der Waals surface area contributed by atoms with Crippen LogP contribution in [0.2, 0.25) is 9.88 Å². The maximum absolute atomic E-state index is 5.50. The molecule has 3 heteroatoms. The van der Waals surface area contributed by atoms with Crippen LogP contribution in [0.3, 0.4) is 0 Å². The number of hydrogen-bond acceptors (Lipinski definition) is 2. The summed E-state index contributed by atoms with van der Waals surface area (Å²) in [5.41, 5.74) is 1.26. The van der Waals surface area contributed by atoms with E-state index in [-0.39, 0.29) is 0 Å². The zero-order valence-electron chi connectivity index (χ0n) is 12.6. The zero-order chi connectivity index (χ0) is 14.6. The van der Waals surface area contributed by atoms with Crippen LogP contribution in [-0.4, -0.2) is 32.6 Å². The van der Waals surface area contributed by atoms with Crippen molar-refractivity contribution in [3.05, 3.63) is 54.1 Å². The second-order valence-electron chi connectivity index (χ2n) is 5.60. The van der Waals surface area contributed by atoms with Crippen molar-refractivity contribution < 1.29 is 9.47 Å². The predicted octanol–water partition coefficient (Wildman–Crippen LogP) is 3.40. The van der Waals surface area contributed by atoms with E-state index < -0.39 is 18.4 Å². The quantitative estimate of drug-likeness (QED) is 0.744. The SMILES string of the molecule is COc1ccc(OC)c([CH2][Sn]([CH3])([CH3])[c]2ccccc2)c1. The Morgan fingerprint density at radius 3 is 2.20 bits per heavy atom. The van der Waals surface area contributed by atoms with Crippen molar-refractivity contribution in [2.45, 2.75) is 14.3 Å². The number of benzene rings is 2. The first-order valence-corrected chi connectivity index (χ1v) is 16.0. The van der Waals surface area contributed by atoms with Crippen LogP contribution >= 0.6 is 0 Å². The molecule has 0 saturated heterocycles. The van der Waals surface area contributed by atoms with E-state index >= 15 is 0 Å². The molecule has 0 bridgehead atoms. The Hall–Kier alpha value is -1.16. The van der Waals surface area contributed by atoms with Gasteiger partial charge in [-0.1, -0.05) is 0 Å². The van der Waals surface area contributed by atoms with Gasteiger partial charge in [-0.05, 0) is 0 Å². The van der Waals surface area contributed by atoms with Gasteiger partial charge in [0.2, 0.25) is 0 Å². The van der Waals surface area contributed by atoms with Gasteiger partial charge in [-0.3, -0.25) is 0 Å². The molecule has 2 aromatic carbocycles. The first-order chi connectivity index (χ1) is 9.56. The van der Waals surface area contributed by atoms with Gasteiger partial charge in [0.1, 0.15) is 0 Å². The molecule has 0 aliphatic heterocycles. The molecule has 20 heavy (non-hydrogen) atoms. The molecule has 106 valence electrons. The maximum atomic E-state index is 5.50. The van der Waals surface area contributed by atoms with E-state index in [4.69, 9.17) is 9.47 Å². The predicted molar refractivity (Wildman–Crippen MR) is 86.8 cm³/mol. The van der Waals surface area contributed by atoms with Crippen molar-refractivity contribution in [3.8, 4) is 11.5 Å². The summed E-state index contributed by atoms with van der Waals surface area (Å²) in [4.78, 5) is 4.92. The van der Waals surface area contributed by atoms with Gasteiger partial charge in [0.15, 0.2) is 0 Å². The van der Waals surface area contributed by atoms with Crippen molar-refractivity contribution >= 4 is 22.0 Å². The number of rotatable bonds is 5. The normalized spacial score (nSPS) is 11.2. The fourth-order valence-corrected chi connectivity index (χ4v) is 9.70. The van der Waals surface area contributed by atoms with Gasteiger partial charge < -0.3 is 0 Å². The third-order valence-electron chi connectivity index (χ3n) is 3.68. The van der Waals surface area contributed by atoms with Crippen molar-refractivity contribution in [2.75, 3.05) is 14.2 Å². The van der Waals surface area contributed by atoms with E-state index in [0.29, 0.717) is 0 Å². The standard InChI is InChI=1S/C9H11O2.C6H5.2CH3.Sn/c1-7-6-8(10-2)4-5-9(7)11-3;1-2-4-6-5-3-1;;;/h4-6H,1H2,2-3H3;1-5H;2*1H3;. The van der Waals surface area contributed by atoms with E-state index in [9.17, 15) is 0 Å². The molecule has 2 aromatic rings. The molecule has 0 aromatic heterocycles. The van der Waals surface area contributed by atoms with Crippen LogP contribution in [0.5, 0.6) is 11.5 Å². The van der Waals surface area contributed by atoms with Gasteiger partial charge in [-0.25, -0.2) is 0 Å². The van der Waals surface area contributed by atoms with Crippen LogP contribution in [-0.2, 0) is 4.44 Å². The Balaban J connectivity index is 2.33. The molecule has 2 nitrogen and oxygen atoms in total. The van der Waals surface area contributed by atoms with E-state index in [0.717, 1.165) is 15.9 Å². The molecule has 0 N–H and O–H groups in total. The Labute approximate surface area is 125 Å². The number of hydrogen-bond donors (Lipinski definition) is 0. The Morgan fingerprint density at radius 1 is 0.900 bits per heavy atom. The first-order valence-electron chi connectivity index (χ1n) is 6.83. The second-order valence-corrected chi connectivity index (χ2v) is 19.0. The molecule has 0 unspecified atom stereocenters. The summed E-state index contributed by atoms with van der Waals surface area (Å²) < 4.78 is 13.5. The van der Waals surface area contributed by atoms with Gasteiger partial charge in [-0.15, -0.1) is 0 Å². The summed E-state index contributed by atoms with van der Waals surface area (Å²) in [6.07, 6.45) is 0. The monoisotopic (exact) mass is 378 g/mol. The van der Waals surface area contributed by atoms with Crippen molar-refractivity contribution in [3.63, 3.8) is 0 Å². The second kappa shape index (κ2) is 6.53. The van der Waals surface area contributed by atoms with Crippen LogP contribution in [0, 0.1) is 0 Å². The average molecular weight is 377 g/mol. The fourth-order valence-electron chi connectivity index (χ4n) is 2.49. The minimum absolute atomic E-state index is 0.899. The molecule has 0 fully saturated rings. The third-order valence-corrected chi connectivity index (χ3v) is 12.7. The summed E-state index contributed by atoms with van der Waals surface area (Å²) in [5, 5.41) is 0. The van der Waals surface area contributed by atoms with E-state index in [2.05, 4.69) is 46.3 Å². The Morgan fingerprint density at radius 2 is 1.60 bits per heavy atom. The summed E-state index contributed by atoms with van der Waals surface area (Å²) in [6.45, 7) is 0. The van der Waals surface area contributed by atoms with Crippen molar-refractivity contribution in [1.82, 2.24) is 0 Å². The topological polar surface area (TPSA) is 18.5 Å². The molecule has 0 amide bonds. The van der Waals surface area contributed by atoms with Gasteiger partial charge in [0.05, 0.1) is 0 Å². The molecule has 0 spiro atoms. The van der Waals surface area contributed by atoms with Crippen LogP contribution in [0.4, 0.5) is 0 Å². The van der Waals surface area contributed by atoms with E-state index in [1.807, 2.05) is 12.1 Å². The zero-order valence-corrected chi connectivity index (χ0v) is 15.5. The first kappa shape index (κ1) is 15.2. The third kappa shape index (κ3) is 3.48. The van der Waals surface area contributed by atoms with E-state index in [1.54, 1.807) is 14.2 Å². The summed E-state index contributed by atoms with van der Waals surface area (Å²) in [6, 6.07) is 16.9. The average Bonchev–Trinajstić information content (AvgIpc) is 2.47. The molecular formula is C17H22O2Sn. The van der Waals surface area contributed by atoms with Crippen LogP contribution in [0.15, 0.2) is 48.5 Å². The van der Waals surface area contributed by atoms with Crippen molar-refractivity contribution in [2.24, 2.45) is 0 Å². The number of methoxy groups -OCH3 is 2. The molecular weight excluding hydrogens is 355 g/mol. The van der Waals surface area contributed by atoms with Crippen LogP contribution < -0.4 is 13.1 Å². The van der Waals surface area contributed by atoms with Crippen LogP contribution in [0.1, 0.15) is 5.56 Å². The molecule has 0 heterocycles. The fraction of sp³-hybridized carbons (Fsp3) is 0.294. The number of ether oxygens (including phenoxy) is 2. The van der Waals surface area contributed by atoms with Crippen molar-refractivity contribution in [1.29, 1.82) is 0 Å². The minimum atomic E-state index is -2.35. The Bertz CT molecular complexity index is 564. The Kier molecular flexibility index (Phi) is 4.97. The summed E-state index contributed by atoms with van der Waals surface area (Å²) in [5.74, 6) is 1.86. The van der Waals surface area contributed by atoms with Crippen LogP contribution in [0.25, 0.3) is 0 Å². The summed E-state index contributed by atoms with van der Waals surface area (Å²) in [7, 11) is 3.44. The molecule has 0 atom stereocenters. The summed E-state index contributed by atoms with van der Waals surface area (Å²) >= 11 is -2.35.